The van der Waals surface area contributed by atoms with Gasteiger partial charge in [-0.2, -0.15) is 0 Å². The Bertz CT molecular complexity index is 774. The van der Waals surface area contributed by atoms with Crippen molar-refractivity contribution >= 4 is 23.0 Å². The lowest BCUT2D eigenvalue weighted by molar-refractivity contribution is -0.142. The molecule has 27 heavy (non-hydrogen) atoms. The van der Waals surface area contributed by atoms with Crippen LogP contribution < -0.4 is 10.1 Å². The average molecular weight is 377 g/mol. The molecule has 0 spiro atoms. The molecule has 0 saturated heterocycles. The van der Waals surface area contributed by atoms with E-state index in [0.717, 1.165) is 10.9 Å². The molecular weight excluding hydrogens is 350 g/mol. The second-order valence-corrected chi connectivity index (χ2v) is 7.03. The highest BCUT2D eigenvalue weighted by atomic mass is 16.6. The smallest absolute Gasteiger partial charge is 0.407 e. The van der Waals surface area contributed by atoms with Crippen LogP contribution in [0.3, 0.4) is 0 Å². The van der Waals surface area contributed by atoms with Crippen LogP contribution in [0, 0.1) is 0 Å². The van der Waals surface area contributed by atoms with E-state index < -0.39 is 11.7 Å². The maximum Gasteiger partial charge on any atom is 0.407 e. The Kier molecular flexibility index (Phi) is 7.10. The van der Waals surface area contributed by atoms with Crippen molar-refractivity contribution in [3.63, 3.8) is 0 Å². The number of hydrogen-bond acceptors (Lipinski definition) is 6. The topological polar surface area (TPSA) is 87.0 Å². The highest BCUT2D eigenvalue weighted by Gasteiger charge is 2.15. The van der Waals surface area contributed by atoms with Crippen molar-refractivity contribution in [3.05, 3.63) is 30.0 Å². The van der Waals surface area contributed by atoms with Crippen LogP contribution in [0.15, 0.2) is 28.9 Å². The van der Waals surface area contributed by atoms with Gasteiger partial charge in [0, 0.05) is 17.5 Å². The summed E-state index contributed by atoms with van der Waals surface area (Å²) in [4.78, 5) is 23.2. The minimum absolute atomic E-state index is 0.157. The van der Waals surface area contributed by atoms with E-state index in [0.29, 0.717) is 37.5 Å². The number of alkyl carbamates (subject to hydrolysis) is 1. The normalized spacial score (nSPS) is 11.3. The lowest BCUT2D eigenvalue weighted by Crippen LogP contribution is -2.33. The summed E-state index contributed by atoms with van der Waals surface area (Å²) in [5.74, 6) is 0.381. The maximum absolute atomic E-state index is 11.7. The average Bonchev–Trinajstić information content (AvgIpc) is 2.95. The van der Waals surface area contributed by atoms with E-state index in [9.17, 15) is 9.59 Å². The molecular formula is C20H27NO6. The van der Waals surface area contributed by atoms with Crippen LogP contribution in [-0.2, 0) is 20.7 Å². The van der Waals surface area contributed by atoms with Crippen LogP contribution in [0.2, 0.25) is 0 Å². The third-order valence-electron chi connectivity index (χ3n) is 3.52. The standard InChI is InChI=1S/C20H27NO6/c1-5-24-18(22)11-14-13-26-17-8-7-15(12-16(14)17)25-10-6-9-21-19(23)27-20(2,3)4/h7-8,12-13H,5-6,9-11H2,1-4H3,(H,21,23). The number of furan rings is 1. The van der Waals surface area contributed by atoms with Crippen molar-refractivity contribution in [2.75, 3.05) is 19.8 Å². The van der Waals surface area contributed by atoms with Gasteiger partial charge in [0.25, 0.3) is 0 Å². The molecule has 0 aliphatic heterocycles. The molecule has 1 heterocycles. The van der Waals surface area contributed by atoms with Crippen LogP contribution in [0.5, 0.6) is 5.75 Å². The van der Waals surface area contributed by atoms with Crippen molar-refractivity contribution in [1.82, 2.24) is 5.32 Å². The Balaban J connectivity index is 1.83. The zero-order valence-electron chi connectivity index (χ0n) is 16.3. The van der Waals surface area contributed by atoms with Gasteiger partial charge in [0.15, 0.2) is 0 Å². The van der Waals surface area contributed by atoms with E-state index in [2.05, 4.69) is 5.32 Å². The fourth-order valence-electron chi connectivity index (χ4n) is 2.42. The van der Waals surface area contributed by atoms with Crippen LogP contribution in [0.4, 0.5) is 4.79 Å². The number of ether oxygens (including phenoxy) is 3. The molecule has 0 aliphatic rings. The highest BCUT2D eigenvalue weighted by Crippen LogP contribution is 2.26. The monoisotopic (exact) mass is 377 g/mol. The van der Waals surface area contributed by atoms with Crippen LogP contribution in [-0.4, -0.2) is 37.4 Å². The maximum atomic E-state index is 11.7. The third-order valence-corrected chi connectivity index (χ3v) is 3.52. The highest BCUT2D eigenvalue weighted by molar-refractivity contribution is 5.86. The minimum atomic E-state index is -0.512. The van der Waals surface area contributed by atoms with Crippen LogP contribution >= 0.6 is 0 Å². The van der Waals surface area contributed by atoms with E-state index in [-0.39, 0.29) is 12.4 Å². The van der Waals surface area contributed by atoms with Gasteiger partial charge in [0.05, 0.1) is 25.9 Å². The first-order valence-corrected chi connectivity index (χ1v) is 9.04. The summed E-state index contributed by atoms with van der Waals surface area (Å²) in [6.45, 7) is 8.46. The first kappa shape index (κ1) is 20.6. The number of amides is 1. The molecule has 0 atom stereocenters. The van der Waals surface area contributed by atoms with E-state index >= 15 is 0 Å². The van der Waals surface area contributed by atoms with Gasteiger partial charge >= 0.3 is 12.1 Å². The number of rotatable bonds is 8. The number of esters is 1. The van der Waals surface area contributed by atoms with Gasteiger partial charge in [0.1, 0.15) is 16.9 Å². The molecule has 0 bridgehead atoms. The molecule has 0 unspecified atom stereocenters. The molecule has 148 valence electrons. The van der Waals surface area contributed by atoms with Crippen LogP contribution in [0.25, 0.3) is 11.0 Å². The van der Waals surface area contributed by atoms with Gasteiger partial charge < -0.3 is 23.9 Å². The zero-order valence-corrected chi connectivity index (χ0v) is 16.3. The molecule has 0 aliphatic carbocycles. The second-order valence-electron chi connectivity index (χ2n) is 7.03. The van der Waals surface area contributed by atoms with Crippen molar-refractivity contribution in [2.24, 2.45) is 0 Å². The molecule has 2 aromatic rings. The number of benzene rings is 1. The number of fused-ring (bicyclic) bond motifs is 1. The van der Waals surface area contributed by atoms with Gasteiger partial charge in [-0.25, -0.2) is 4.79 Å². The Morgan fingerprint density at radius 2 is 2.00 bits per heavy atom. The number of hydrogen-bond donors (Lipinski definition) is 1. The molecule has 1 aromatic heterocycles. The Morgan fingerprint density at radius 3 is 2.70 bits per heavy atom. The quantitative estimate of drug-likeness (QED) is 0.556. The molecule has 1 N–H and O–H groups in total. The fourth-order valence-corrected chi connectivity index (χ4v) is 2.42. The first-order valence-electron chi connectivity index (χ1n) is 9.04. The fraction of sp³-hybridized carbons (Fsp3) is 0.500. The predicted octanol–water partition coefficient (Wildman–Crippen LogP) is 3.83. The van der Waals surface area contributed by atoms with Gasteiger partial charge in [-0.3, -0.25) is 4.79 Å². The molecule has 1 amide bonds. The van der Waals surface area contributed by atoms with Gasteiger partial charge in [-0.05, 0) is 52.3 Å². The van der Waals surface area contributed by atoms with Crippen LogP contribution in [0.1, 0.15) is 39.7 Å². The molecule has 0 fully saturated rings. The summed E-state index contributed by atoms with van der Waals surface area (Å²) < 4.78 is 21.3. The molecule has 0 radical (unpaired) electrons. The summed E-state index contributed by atoms with van der Waals surface area (Å²) in [6.07, 6.45) is 1.92. The van der Waals surface area contributed by atoms with E-state index in [1.807, 2.05) is 26.8 Å². The Hall–Kier alpha value is -2.70. The molecule has 2 rings (SSSR count). The summed E-state index contributed by atoms with van der Waals surface area (Å²) in [5.41, 5.74) is 0.940. The number of carbonyl (C=O) groups excluding carboxylic acids is 2. The zero-order chi connectivity index (χ0) is 19.9. The summed E-state index contributed by atoms with van der Waals surface area (Å²) >= 11 is 0. The van der Waals surface area contributed by atoms with E-state index in [1.54, 1.807) is 25.3 Å². The lowest BCUT2D eigenvalue weighted by atomic mass is 10.1. The predicted molar refractivity (Wildman–Crippen MR) is 101 cm³/mol. The lowest BCUT2D eigenvalue weighted by Gasteiger charge is -2.19. The Labute approximate surface area is 159 Å². The minimum Gasteiger partial charge on any atom is -0.494 e. The molecule has 0 saturated carbocycles. The molecule has 7 heteroatoms. The number of carbonyl (C=O) groups is 2. The summed E-state index contributed by atoms with van der Waals surface area (Å²) in [6, 6.07) is 5.45. The number of nitrogens with one attached hydrogen (secondary N) is 1. The van der Waals surface area contributed by atoms with Crippen molar-refractivity contribution in [2.45, 2.75) is 46.1 Å². The largest absolute Gasteiger partial charge is 0.494 e. The van der Waals surface area contributed by atoms with Gasteiger partial charge in [-0.15, -0.1) is 0 Å². The molecule has 1 aromatic carbocycles. The molecule has 7 nitrogen and oxygen atoms in total. The van der Waals surface area contributed by atoms with Gasteiger partial charge in [-0.1, -0.05) is 0 Å². The SMILES string of the molecule is CCOC(=O)Cc1coc2ccc(OCCCNC(=O)OC(C)(C)C)cc12. The second kappa shape index (κ2) is 9.30. The summed E-state index contributed by atoms with van der Waals surface area (Å²) in [7, 11) is 0. The van der Waals surface area contributed by atoms with E-state index in [4.69, 9.17) is 18.6 Å². The van der Waals surface area contributed by atoms with Crippen molar-refractivity contribution < 1.29 is 28.2 Å². The van der Waals surface area contributed by atoms with E-state index in [1.165, 1.54) is 0 Å². The third kappa shape index (κ3) is 6.84. The van der Waals surface area contributed by atoms with Crippen molar-refractivity contribution in [3.8, 4) is 5.75 Å². The van der Waals surface area contributed by atoms with Crippen molar-refractivity contribution in [1.29, 1.82) is 0 Å². The summed E-state index contributed by atoms with van der Waals surface area (Å²) in [5, 5.41) is 3.51. The van der Waals surface area contributed by atoms with Gasteiger partial charge in [0.2, 0.25) is 0 Å². The first-order chi connectivity index (χ1) is 12.8. The Morgan fingerprint density at radius 1 is 1.22 bits per heavy atom.